The van der Waals surface area contributed by atoms with Gasteiger partial charge in [0.1, 0.15) is 31.9 Å². The van der Waals surface area contributed by atoms with E-state index in [1.165, 1.54) is 0 Å². The van der Waals surface area contributed by atoms with Crippen molar-refractivity contribution in [1.82, 2.24) is 0 Å². The molecule has 0 bridgehead atoms. The van der Waals surface area contributed by atoms with Crippen LogP contribution in [0.15, 0.2) is 0 Å². The number of fused-ring (bicyclic) bond motifs is 1. The average molecular weight is 176 g/mol. The molecule has 2 rings (SSSR count). The molecule has 12 heavy (non-hydrogen) atoms. The second-order valence-electron chi connectivity index (χ2n) is 2.83. The molecule has 5 nitrogen and oxygen atoms in total. The van der Waals surface area contributed by atoms with E-state index in [-0.39, 0.29) is 38.5 Å². The van der Waals surface area contributed by atoms with Crippen molar-refractivity contribution in [2.24, 2.45) is 0 Å². The third-order valence-corrected chi connectivity index (χ3v) is 2.10. The molecule has 3 atom stereocenters. The van der Waals surface area contributed by atoms with Gasteiger partial charge in [-0.3, -0.25) is 0 Å². The predicted octanol–water partition coefficient (Wildman–Crippen LogP) is -0.907. The first kappa shape index (κ1) is 8.40. The molecule has 0 aromatic rings. The van der Waals surface area contributed by atoms with Gasteiger partial charge >= 0.3 is 0 Å². The highest BCUT2D eigenvalue weighted by molar-refractivity contribution is 4.82. The number of aliphatic hydroxyl groups excluding tert-OH is 1. The Morgan fingerprint density at radius 2 is 2.08 bits per heavy atom. The van der Waals surface area contributed by atoms with Crippen LogP contribution in [0.25, 0.3) is 0 Å². The van der Waals surface area contributed by atoms with E-state index in [2.05, 4.69) is 0 Å². The summed E-state index contributed by atoms with van der Waals surface area (Å²) in [6.07, 6.45) is -0.546. The van der Waals surface area contributed by atoms with Gasteiger partial charge in [0, 0.05) is 0 Å². The molecular weight excluding hydrogens is 164 g/mol. The largest absolute Gasteiger partial charge is 0.394 e. The van der Waals surface area contributed by atoms with E-state index in [1.807, 2.05) is 0 Å². The van der Waals surface area contributed by atoms with Crippen LogP contribution < -0.4 is 0 Å². The number of hydrogen-bond acceptors (Lipinski definition) is 5. The summed E-state index contributed by atoms with van der Waals surface area (Å²) < 4.78 is 20.7. The molecule has 0 aliphatic carbocycles. The van der Waals surface area contributed by atoms with Crippen LogP contribution in [0.4, 0.5) is 0 Å². The fourth-order valence-corrected chi connectivity index (χ4v) is 1.45. The molecule has 5 heteroatoms. The molecule has 0 saturated carbocycles. The Hall–Kier alpha value is -0.200. The molecule has 70 valence electrons. The van der Waals surface area contributed by atoms with Crippen molar-refractivity contribution in [3.05, 3.63) is 0 Å². The Balaban J connectivity index is 1.99. The Kier molecular flexibility index (Phi) is 2.57. The van der Waals surface area contributed by atoms with Gasteiger partial charge in [0.05, 0.1) is 13.2 Å². The second-order valence-corrected chi connectivity index (χ2v) is 2.83. The molecule has 2 aliphatic rings. The highest BCUT2D eigenvalue weighted by Gasteiger charge is 2.38. The van der Waals surface area contributed by atoms with Crippen molar-refractivity contribution in [1.29, 1.82) is 0 Å². The van der Waals surface area contributed by atoms with Crippen molar-refractivity contribution < 1.29 is 24.1 Å². The van der Waals surface area contributed by atoms with Crippen LogP contribution in [-0.2, 0) is 18.9 Å². The van der Waals surface area contributed by atoms with E-state index in [9.17, 15) is 0 Å². The first-order valence-corrected chi connectivity index (χ1v) is 3.95. The lowest BCUT2D eigenvalue weighted by Gasteiger charge is -2.39. The van der Waals surface area contributed by atoms with E-state index in [0.29, 0.717) is 6.61 Å². The van der Waals surface area contributed by atoms with Gasteiger partial charge in [-0.1, -0.05) is 0 Å². The maximum absolute atomic E-state index is 8.93. The summed E-state index contributed by atoms with van der Waals surface area (Å²) in [5.74, 6) is 0. The smallest absolute Gasteiger partial charge is 0.147 e. The number of hydrogen-bond donors (Lipinski definition) is 1. The van der Waals surface area contributed by atoms with Gasteiger partial charge in [-0.2, -0.15) is 0 Å². The van der Waals surface area contributed by atoms with Gasteiger partial charge in [-0.05, 0) is 0 Å². The lowest BCUT2D eigenvalue weighted by molar-refractivity contribution is -0.304. The Bertz CT molecular complexity index is 142. The Labute approximate surface area is 70.2 Å². The normalized spacial score (nSPS) is 42.2. The molecule has 0 amide bonds. The minimum absolute atomic E-state index is 0.0372. The standard InChI is InChI=1S/C7H12O5/c8-1-5-7-6(11-4-10-5)2-9-3-12-7/h5-8H,1-4H2/t5-,6+,7+/m1/s1. The molecule has 2 saturated heterocycles. The Morgan fingerprint density at radius 3 is 2.92 bits per heavy atom. The van der Waals surface area contributed by atoms with Crippen LogP contribution in [0, 0.1) is 0 Å². The highest BCUT2D eigenvalue weighted by Crippen LogP contribution is 2.20. The summed E-state index contributed by atoms with van der Waals surface area (Å²) in [5, 5.41) is 8.93. The Morgan fingerprint density at radius 1 is 1.17 bits per heavy atom. The molecule has 0 radical (unpaired) electrons. The number of ether oxygens (including phenoxy) is 4. The molecule has 0 aromatic carbocycles. The van der Waals surface area contributed by atoms with Crippen LogP contribution >= 0.6 is 0 Å². The van der Waals surface area contributed by atoms with Gasteiger partial charge in [-0.25, -0.2) is 0 Å². The van der Waals surface area contributed by atoms with Crippen LogP contribution in [0.5, 0.6) is 0 Å². The van der Waals surface area contributed by atoms with Gasteiger partial charge < -0.3 is 24.1 Å². The van der Waals surface area contributed by atoms with Crippen molar-refractivity contribution in [2.75, 3.05) is 26.8 Å². The first-order chi connectivity index (χ1) is 5.92. The topological polar surface area (TPSA) is 57.2 Å². The van der Waals surface area contributed by atoms with Gasteiger partial charge in [0.15, 0.2) is 0 Å². The zero-order valence-corrected chi connectivity index (χ0v) is 6.64. The molecule has 2 fully saturated rings. The van der Waals surface area contributed by atoms with Gasteiger partial charge in [0.2, 0.25) is 0 Å². The molecule has 2 heterocycles. The van der Waals surface area contributed by atoms with Gasteiger partial charge in [0.25, 0.3) is 0 Å². The van der Waals surface area contributed by atoms with Crippen molar-refractivity contribution in [2.45, 2.75) is 18.3 Å². The van der Waals surface area contributed by atoms with Crippen LogP contribution in [-0.4, -0.2) is 50.2 Å². The number of rotatable bonds is 1. The van der Waals surface area contributed by atoms with E-state index in [1.54, 1.807) is 0 Å². The maximum atomic E-state index is 8.93. The molecular formula is C7H12O5. The summed E-state index contributed by atoms with van der Waals surface area (Å²) in [5.41, 5.74) is 0. The van der Waals surface area contributed by atoms with E-state index >= 15 is 0 Å². The SMILES string of the molecule is OC[C@H]1OCO[C@H]2COCO[C@H]21. The van der Waals surface area contributed by atoms with E-state index in [0.717, 1.165) is 0 Å². The quantitative estimate of drug-likeness (QED) is 0.560. The maximum Gasteiger partial charge on any atom is 0.147 e. The lowest BCUT2D eigenvalue weighted by atomic mass is 10.1. The lowest BCUT2D eigenvalue weighted by Crippen LogP contribution is -2.54. The van der Waals surface area contributed by atoms with E-state index in [4.69, 9.17) is 24.1 Å². The third kappa shape index (κ3) is 1.46. The summed E-state index contributed by atoms with van der Waals surface area (Å²) in [4.78, 5) is 0. The van der Waals surface area contributed by atoms with Crippen LogP contribution in [0.3, 0.4) is 0 Å². The average Bonchev–Trinajstić information content (AvgIpc) is 2.17. The second kappa shape index (κ2) is 3.68. The zero-order valence-electron chi connectivity index (χ0n) is 6.64. The molecule has 2 aliphatic heterocycles. The van der Waals surface area contributed by atoms with Crippen molar-refractivity contribution in [3.63, 3.8) is 0 Å². The third-order valence-electron chi connectivity index (χ3n) is 2.10. The van der Waals surface area contributed by atoms with Crippen molar-refractivity contribution >= 4 is 0 Å². The number of aliphatic hydroxyl groups is 1. The molecule has 0 spiro atoms. The first-order valence-electron chi connectivity index (χ1n) is 3.95. The zero-order chi connectivity index (χ0) is 8.39. The fraction of sp³-hybridized carbons (Fsp3) is 1.00. The fourth-order valence-electron chi connectivity index (χ4n) is 1.45. The van der Waals surface area contributed by atoms with E-state index < -0.39 is 0 Å². The van der Waals surface area contributed by atoms with Crippen LogP contribution in [0.2, 0.25) is 0 Å². The minimum Gasteiger partial charge on any atom is -0.394 e. The molecule has 1 N–H and O–H groups in total. The van der Waals surface area contributed by atoms with Gasteiger partial charge in [-0.15, -0.1) is 0 Å². The molecule has 0 aromatic heterocycles. The summed E-state index contributed by atoms with van der Waals surface area (Å²) in [6.45, 7) is 0.943. The highest BCUT2D eigenvalue weighted by atomic mass is 16.7. The summed E-state index contributed by atoms with van der Waals surface area (Å²) >= 11 is 0. The summed E-state index contributed by atoms with van der Waals surface area (Å²) in [6, 6.07) is 0. The predicted molar refractivity (Wildman–Crippen MR) is 37.4 cm³/mol. The summed E-state index contributed by atoms with van der Waals surface area (Å²) in [7, 11) is 0. The minimum atomic E-state index is -0.271. The molecule has 0 unspecified atom stereocenters. The van der Waals surface area contributed by atoms with Crippen molar-refractivity contribution in [3.8, 4) is 0 Å². The monoisotopic (exact) mass is 176 g/mol. The van der Waals surface area contributed by atoms with Crippen LogP contribution in [0.1, 0.15) is 0 Å².